The lowest BCUT2D eigenvalue weighted by atomic mass is 9.73. The van der Waals surface area contributed by atoms with E-state index in [1.165, 1.54) is 11.8 Å². The Kier molecular flexibility index (Phi) is 8.45. The van der Waals surface area contributed by atoms with E-state index in [0.717, 1.165) is 28.8 Å². The fourth-order valence-corrected chi connectivity index (χ4v) is 6.87. The lowest BCUT2D eigenvalue weighted by molar-refractivity contribution is -0.118. The summed E-state index contributed by atoms with van der Waals surface area (Å²) >= 11 is 14.3. The summed E-state index contributed by atoms with van der Waals surface area (Å²) in [6, 6.07) is 20.7. The number of hydrogen-bond acceptors (Lipinski definition) is 7. The lowest BCUT2D eigenvalue weighted by Gasteiger charge is -2.38. The van der Waals surface area contributed by atoms with Gasteiger partial charge in [-0.15, -0.1) is 5.10 Å². The monoisotopic (exact) mass is 634 g/mol. The van der Waals surface area contributed by atoms with Crippen molar-refractivity contribution < 1.29 is 14.3 Å². The summed E-state index contributed by atoms with van der Waals surface area (Å²) in [5.41, 5.74) is 4.20. The van der Waals surface area contributed by atoms with Crippen LogP contribution in [0.15, 0.2) is 83.2 Å². The van der Waals surface area contributed by atoms with Crippen molar-refractivity contribution in [3.05, 3.63) is 105 Å². The Labute approximate surface area is 265 Å². The Bertz CT molecular complexity index is 1720. The van der Waals surface area contributed by atoms with Gasteiger partial charge >= 0.3 is 0 Å². The minimum absolute atomic E-state index is 0.104. The second kappa shape index (κ2) is 12.3. The third kappa shape index (κ3) is 6.28. The minimum atomic E-state index is -0.464. The number of anilines is 1. The van der Waals surface area contributed by atoms with Crippen LogP contribution in [0.25, 0.3) is 0 Å². The smallest absolute Gasteiger partial charge is 0.227 e. The zero-order valence-electron chi connectivity index (χ0n) is 24.2. The van der Waals surface area contributed by atoms with Gasteiger partial charge in [0.25, 0.3) is 0 Å². The normalized spacial score (nSPS) is 17.2. The molecule has 2 aliphatic rings. The zero-order chi connectivity index (χ0) is 30.1. The van der Waals surface area contributed by atoms with E-state index in [1.807, 2.05) is 78.3 Å². The van der Waals surface area contributed by atoms with Crippen LogP contribution in [0.1, 0.15) is 56.3 Å². The van der Waals surface area contributed by atoms with Crippen LogP contribution in [-0.2, 0) is 17.2 Å². The Hall–Kier alpha value is -3.46. The van der Waals surface area contributed by atoms with E-state index >= 15 is 0 Å². The minimum Gasteiger partial charge on any atom is -0.490 e. The quantitative estimate of drug-likeness (QED) is 0.185. The first-order valence-corrected chi connectivity index (χ1v) is 16.0. The van der Waals surface area contributed by atoms with Gasteiger partial charge in [0.1, 0.15) is 12.6 Å². The molecule has 1 aliphatic carbocycles. The Morgan fingerprint density at radius 3 is 2.42 bits per heavy atom. The molecule has 10 heteroatoms. The molecule has 0 spiro atoms. The van der Waals surface area contributed by atoms with E-state index in [0.29, 0.717) is 63.6 Å². The van der Waals surface area contributed by atoms with Gasteiger partial charge in [0.15, 0.2) is 17.3 Å². The van der Waals surface area contributed by atoms with Crippen LogP contribution in [0, 0.1) is 5.41 Å². The molecule has 43 heavy (non-hydrogen) atoms. The molecule has 1 N–H and O–H groups in total. The van der Waals surface area contributed by atoms with Crippen molar-refractivity contribution in [3.8, 4) is 11.5 Å². The highest BCUT2D eigenvalue weighted by Crippen LogP contribution is 2.47. The first kappa shape index (κ1) is 29.6. The van der Waals surface area contributed by atoms with Crippen molar-refractivity contribution >= 4 is 46.7 Å². The summed E-state index contributed by atoms with van der Waals surface area (Å²) < 4.78 is 14.0. The molecule has 7 nitrogen and oxygen atoms in total. The highest BCUT2D eigenvalue weighted by atomic mass is 35.5. The Morgan fingerprint density at radius 2 is 1.70 bits per heavy atom. The van der Waals surface area contributed by atoms with E-state index in [-0.39, 0.29) is 11.2 Å². The molecular weight excluding hydrogens is 603 g/mol. The lowest BCUT2D eigenvalue weighted by Crippen LogP contribution is -2.36. The predicted octanol–water partition coefficient (Wildman–Crippen LogP) is 8.51. The number of Topliss-reactive ketones (excluding diaryl/α,β-unsaturated/α-hetero) is 1. The van der Waals surface area contributed by atoms with E-state index in [1.54, 1.807) is 0 Å². The van der Waals surface area contributed by atoms with Gasteiger partial charge in [0.2, 0.25) is 11.1 Å². The predicted molar refractivity (Wildman–Crippen MR) is 171 cm³/mol. The molecule has 0 bridgehead atoms. The number of allylic oxidation sites excluding steroid dienone is 2. The van der Waals surface area contributed by atoms with Gasteiger partial charge < -0.3 is 14.8 Å². The second-order valence-electron chi connectivity index (χ2n) is 11.4. The number of benzene rings is 3. The number of ether oxygens (including phenoxy) is 2. The van der Waals surface area contributed by atoms with E-state index < -0.39 is 6.04 Å². The molecule has 1 atom stereocenters. The number of aromatic nitrogens is 3. The topological polar surface area (TPSA) is 78.3 Å². The maximum absolute atomic E-state index is 13.7. The number of carbonyl (C=O) groups excluding carboxylic acids is 1. The average Bonchev–Trinajstić information content (AvgIpc) is 3.37. The van der Waals surface area contributed by atoms with Gasteiger partial charge in [0, 0.05) is 39.1 Å². The van der Waals surface area contributed by atoms with Crippen molar-refractivity contribution in [2.45, 2.75) is 57.2 Å². The molecule has 0 amide bonds. The average molecular weight is 636 g/mol. The van der Waals surface area contributed by atoms with Gasteiger partial charge in [-0.05, 0) is 54.2 Å². The van der Waals surface area contributed by atoms with E-state index in [4.69, 9.17) is 42.8 Å². The van der Waals surface area contributed by atoms with Gasteiger partial charge in [-0.1, -0.05) is 91.3 Å². The van der Waals surface area contributed by atoms with Crippen LogP contribution >= 0.6 is 35.0 Å². The maximum Gasteiger partial charge on any atom is 0.227 e. The third-order valence-corrected chi connectivity index (χ3v) is 9.18. The largest absolute Gasteiger partial charge is 0.490 e. The number of hydrogen-bond donors (Lipinski definition) is 1. The maximum atomic E-state index is 13.7. The summed E-state index contributed by atoms with van der Waals surface area (Å²) in [5, 5.41) is 10.3. The number of rotatable bonds is 9. The number of fused-ring (bicyclic) bond motifs is 1. The van der Waals surface area contributed by atoms with Gasteiger partial charge in [-0.3, -0.25) is 4.79 Å². The number of ketones is 1. The standard InChI is InChI=1S/C33H32Cl2N4O3S/c1-4-41-28-15-20(13-14-27(28)42-18-21-9-5-7-11-23(21)34)30-29-25(16-33(2,3)17-26(29)40)36-31-37-32(38-39(30)31)43-19-22-10-6-8-12-24(22)35/h5-15,30H,4,16-19H2,1-3H3,(H,36,37,38). The summed E-state index contributed by atoms with van der Waals surface area (Å²) in [6.07, 6.45) is 1.19. The molecule has 0 saturated carbocycles. The fourth-order valence-electron chi connectivity index (χ4n) is 5.57. The molecular formula is C33H32Cl2N4O3S. The molecule has 3 aromatic carbocycles. The van der Waals surface area contributed by atoms with E-state index in [2.05, 4.69) is 19.2 Å². The molecule has 1 unspecified atom stereocenters. The SMILES string of the molecule is CCOc1cc(C2C3=C(CC(C)(C)CC3=O)Nc3nc(SCc4ccccc4Cl)nn32)ccc1OCc1ccccc1Cl. The number of nitrogens with one attached hydrogen (secondary N) is 1. The molecule has 222 valence electrons. The van der Waals surface area contributed by atoms with Crippen LogP contribution in [-0.4, -0.2) is 27.2 Å². The summed E-state index contributed by atoms with van der Waals surface area (Å²) in [5.74, 6) is 2.52. The highest BCUT2D eigenvalue weighted by Gasteiger charge is 2.42. The van der Waals surface area contributed by atoms with Gasteiger partial charge in [0.05, 0.1) is 6.61 Å². The number of thioether (sulfide) groups is 1. The number of halogens is 2. The molecule has 2 heterocycles. The van der Waals surface area contributed by atoms with Gasteiger partial charge in [-0.2, -0.15) is 4.98 Å². The van der Waals surface area contributed by atoms with Crippen molar-refractivity contribution in [1.29, 1.82) is 0 Å². The molecule has 4 aromatic rings. The summed E-state index contributed by atoms with van der Waals surface area (Å²) in [6.45, 7) is 6.92. The summed E-state index contributed by atoms with van der Waals surface area (Å²) in [4.78, 5) is 18.5. The Balaban J connectivity index is 1.36. The first-order valence-electron chi connectivity index (χ1n) is 14.2. The van der Waals surface area contributed by atoms with Crippen molar-refractivity contribution in [2.75, 3.05) is 11.9 Å². The molecule has 0 fully saturated rings. The number of nitrogens with zero attached hydrogens (tertiary/aromatic N) is 3. The highest BCUT2D eigenvalue weighted by molar-refractivity contribution is 7.98. The molecule has 1 aliphatic heterocycles. The molecule has 0 saturated heterocycles. The van der Waals surface area contributed by atoms with Crippen molar-refractivity contribution in [3.63, 3.8) is 0 Å². The van der Waals surface area contributed by atoms with Gasteiger partial charge in [-0.25, -0.2) is 4.68 Å². The number of carbonyl (C=O) groups is 1. The van der Waals surface area contributed by atoms with E-state index in [9.17, 15) is 4.79 Å². The van der Waals surface area contributed by atoms with Crippen LogP contribution in [0.2, 0.25) is 10.0 Å². The first-order chi connectivity index (χ1) is 20.7. The van der Waals surface area contributed by atoms with Crippen LogP contribution in [0.4, 0.5) is 5.95 Å². The van der Waals surface area contributed by atoms with Crippen LogP contribution < -0.4 is 14.8 Å². The third-order valence-electron chi connectivity index (χ3n) is 7.55. The van der Waals surface area contributed by atoms with Crippen LogP contribution in [0.5, 0.6) is 11.5 Å². The molecule has 0 radical (unpaired) electrons. The van der Waals surface area contributed by atoms with Crippen LogP contribution in [0.3, 0.4) is 0 Å². The van der Waals surface area contributed by atoms with Crippen molar-refractivity contribution in [2.24, 2.45) is 5.41 Å². The molecule has 1 aromatic heterocycles. The Morgan fingerprint density at radius 1 is 0.977 bits per heavy atom. The molecule has 6 rings (SSSR count). The zero-order valence-corrected chi connectivity index (χ0v) is 26.5. The summed E-state index contributed by atoms with van der Waals surface area (Å²) in [7, 11) is 0. The van der Waals surface area contributed by atoms with Crippen molar-refractivity contribution in [1.82, 2.24) is 14.8 Å². The fraction of sp³-hybridized carbons (Fsp3) is 0.303. The second-order valence-corrected chi connectivity index (χ2v) is 13.2.